The van der Waals surface area contributed by atoms with Crippen LogP contribution in [0.25, 0.3) is 17.0 Å². The average molecular weight is 374 g/mol. The molecule has 4 nitrogen and oxygen atoms in total. The number of ether oxygens (including phenoxy) is 1. The van der Waals surface area contributed by atoms with Crippen molar-refractivity contribution in [2.45, 2.75) is 26.4 Å². The lowest BCUT2D eigenvalue weighted by atomic mass is 10.1. The van der Waals surface area contributed by atoms with Crippen molar-refractivity contribution in [2.24, 2.45) is 0 Å². The van der Waals surface area contributed by atoms with Crippen molar-refractivity contribution in [3.05, 3.63) is 77.0 Å². The highest BCUT2D eigenvalue weighted by Gasteiger charge is 2.21. The van der Waals surface area contributed by atoms with Gasteiger partial charge in [0.2, 0.25) is 5.91 Å². The van der Waals surface area contributed by atoms with Crippen molar-refractivity contribution < 1.29 is 9.53 Å². The van der Waals surface area contributed by atoms with E-state index < -0.39 is 0 Å². The molecule has 1 aliphatic rings. The Hall–Kier alpha value is -2.85. The molecule has 0 spiro atoms. The van der Waals surface area contributed by atoms with Crippen LogP contribution in [0.5, 0.6) is 0 Å². The standard InChI is InChI=1S/C24H26N2O2/c1-18-6-8-19(9-7-18)10-11-23(27)26-13-12-21-16-25(14-15-28-2)22-5-3-4-20(17-26)24(21)22/h3-11,16H,12-15,17H2,1-2H3/b11-10+. The fourth-order valence-electron chi connectivity index (χ4n) is 3.89. The average Bonchev–Trinajstić information content (AvgIpc) is 2.95. The molecule has 0 N–H and O–H groups in total. The molecule has 0 atom stereocenters. The lowest BCUT2D eigenvalue weighted by Crippen LogP contribution is -2.30. The van der Waals surface area contributed by atoms with E-state index in [1.165, 1.54) is 27.6 Å². The van der Waals surface area contributed by atoms with Crippen molar-refractivity contribution in [1.29, 1.82) is 0 Å². The zero-order valence-corrected chi connectivity index (χ0v) is 16.5. The lowest BCUT2D eigenvalue weighted by molar-refractivity contribution is -0.126. The third-order valence-electron chi connectivity index (χ3n) is 5.43. The summed E-state index contributed by atoms with van der Waals surface area (Å²) in [7, 11) is 1.73. The van der Waals surface area contributed by atoms with Crippen LogP contribution in [0.1, 0.15) is 22.3 Å². The van der Waals surface area contributed by atoms with E-state index in [4.69, 9.17) is 4.74 Å². The first-order valence-electron chi connectivity index (χ1n) is 9.78. The topological polar surface area (TPSA) is 34.5 Å². The Bertz CT molecular complexity index is 1020. The summed E-state index contributed by atoms with van der Waals surface area (Å²) < 4.78 is 7.52. The van der Waals surface area contributed by atoms with E-state index in [9.17, 15) is 4.79 Å². The zero-order chi connectivity index (χ0) is 19.5. The Morgan fingerprint density at radius 2 is 1.96 bits per heavy atom. The van der Waals surface area contributed by atoms with E-state index in [1.54, 1.807) is 13.2 Å². The third kappa shape index (κ3) is 3.73. The lowest BCUT2D eigenvalue weighted by Gasteiger charge is -2.19. The van der Waals surface area contributed by atoms with Gasteiger partial charge in [-0.25, -0.2) is 0 Å². The smallest absolute Gasteiger partial charge is 0.246 e. The van der Waals surface area contributed by atoms with Crippen molar-refractivity contribution in [3.63, 3.8) is 0 Å². The number of carbonyl (C=O) groups excluding carboxylic acids is 1. The Kier molecular flexibility index (Phi) is 5.31. The van der Waals surface area contributed by atoms with Gasteiger partial charge in [-0.3, -0.25) is 4.79 Å². The Morgan fingerprint density at radius 3 is 2.75 bits per heavy atom. The molecule has 0 saturated heterocycles. The monoisotopic (exact) mass is 374 g/mol. The van der Waals surface area contributed by atoms with E-state index in [0.29, 0.717) is 13.2 Å². The molecule has 0 aliphatic carbocycles. The van der Waals surface area contributed by atoms with Crippen LogP contribution in [0.2, 0.25) is 0 Å². The van der Waals surface area contributed by atoms with Crippen LogP contribution in [-0.2, 0) is 29.0 Å². The number of benzene rings is 2. The molecule has 144 valence electrons. The number of nitrogens with zero attached hydrogens (tertiary/aromatic N) is 2. The highest BCUT2D eigenvalue weighted by molar-refractivity contribution is 5.93. The van der Waals surface area contributed by atoms with Gasteiger partial charge < -0.3 is 14.2 Å². The van der Waals surface area contributed by atoms with Gasteiger partial charge in [-0.15, -0.1) is 0 Å². The molecule has 28 heavy (non-hydrogen) atoms. The van der Waals surface area contributed by atoms with Crippen molar-refractivity contribution in [3.8, 4) is 0 Å². The molecule has 0 saturated carbocycles. The minimum atomic E-state index is 0.0648. The number of hydrogen-bond acceptors (Lipinski definition) is 2. The second-order valence-corrected chi connectivity index (χ2v) is 7.41. The predicted octanol–water partition coefficient (Wildman–Crippen LogP) is 4.19. The SMILES string of the molecule is COCCn1cc2c3c(cccc31)CN(C(=O)/C=C/c1ccc(C)cc1)CC2. The number of methoxy groups -OCH3 is 1. The fourth-order valence-corrected chi connectivity index (χ4v) is 3.89. The van der Waals surface area contributed by atoms with Gasteiger partial charge in [0, 0.05) is 49.9 Å². The summed E-state index contributed by atoms with van der Waals surface area (Å²) in [6.07, 6.45) is 6.69. The van der Waals surface area contributed by atoms with Gasteiger partial charge in [-0.1, -0.05) is 42.0 Å². The molecular weight excluding hydrogens is 348 g/mol. The summed E-state index contributed by atoms with van der Waals surface area (Å²) in [5, 5.41) is 1.30. The van der Waals surface area contributed by atoms with Gasteiger partial charge in [0.1, 0.15) is 0 Å². The van der Waals surface area contributed by atoms with Gasteiger partial charge in [-0.05, 0) is 42.2 Å². The number of amides is 1. The second-order valence-electron chi connectivity index (χ2n) is 7.41. The molecule has 0 bridgehead atoms. The van der Waals surface area contributed by atoms with Crippen LogP contribution in [0, 0.1) is 6.92 Å². The van der Waals surface area contributed by atoms with Crippen LogP contribution in [0.3, 0.4) is 0 Å². The molecule has 0 unspecified atom stereocenters. The summed E-state index contributed by atoms with van der Waals surface area (Å²) in [6.45, 7) is 4.98. The molecule has 1 amide bonds. The molecule has 2 aromatic carbocycles. The summed E-state index contributed by atoms with van der Waals surface area (Å²) >= 11 is 0. The minimum absolute atomic E-state index is 0.0648. The molecule has 4 rings (SSSR count). The number of aromatic nitrogens is 1. The van der Waals surface area contributed by atoms with Crippen LogP contribution in [0.4, 0.5) is 0 Å². The van der Waals surface area contributed by atoms with Crippen LogP contribution < -0.4 is 0 Å². The molecule has 1 aliphatic heterocycles. The van der Waals surface area contributed by atoms with Crippen LogP contribution >= 0.6 is 0 Å². The Morgan fingerprint density at radius 1 is 1.14 bits per heavy atom. The van der Waals surface area contributed by atoms with Crippen LogP contribution in [0.15, 0.2) is 54.7 Å². The maximum Gasteiger partial charge on any atom is 0.246 e. The molecule has 1 aromatic heterocycles. The summed E-state index contributed by atoms with van der Waals surface area (Å²) in [5.74, 6) is 0.0648. The maximum absolute atomic E-state index is 12.8. The normalized spacial score (nSPS) is 14.0. The van der Waals surface area contributed by atoms with Crippen molar-refractivity contribution in [1.82, 2.24) is 9.47 Å². The summed E-state index contributed by atoms with van der Waals surface area (Å²) in [5.41, 5.74) is 6.04. The predicted molar refractivity (Wildman–Crippen MR) is 113 cm³/mol. The molecule has 4 heteroatoms. The van der Waals surface area contributed by atoms with Gasteiger partial charge in [0.05, 0.1) is 6.61 Å². The molecule has 0 fully saturated rings. The highest BCUT2D eigenvalue weighted by atomic mass is 16.5. The Balaban J connectivity index is 1.55. The number of carbonyl (C=O) groups is 1. The Labute approximate surface area is 166 Å². The fraction of sp³-hybridized carbons (Fsp3) is 0.292. The van der Waals surface area contributed by atoms with Crippen molar-refractivity contribution >= 4 is 22.9 Å². The van der Waals surface area contributed by atoms with Gasteiger partial charge in [0.25, 0.3) is 0 Å². The highest BCUT2D eigenvalue weighted by Crippen LogP contribution is 2.29. The third-order valence-corrected chi connectivity index (χ3v) is 5.43. The number of aryl methyl sites for hydroxylation is 1. The largest absolute Gasteiger partial charge is 0.383 e. The van der Waals surface area contributed by atoms with E-state index in [0.717, 1.165) is 25.1 Å². The quantitative estimate of drug-likeness (QED) is 0.628. The molecule has 3 aromatic rings. The first kappa shape index (κ1) is 18.5. The number of hydrogen-bond donors (Lipinski definition) is 0. The second kappa shape index (κ2) is 8.03. The van der Waals surface area contributed by atoms with Gasteiger partial charge in [-0.2, -0.15) is 0 Å². The maximum atomic E-state index is 12.8. The molecule has 2 heterocycles. The summed E-state index contributed by atoms with van der Waals surface area (Å²) in [6, 6.07) is 14.6. The van der Waals surface area contributed by atoms with Crippen molar-refractivity contribution in [2.75, 3.05) is 20.3 Å². The number of rotatable bonds is 5. The van der Waals surface area contributed by atoms with E-state index in [-0.39, 0.29) is 5.91 Å². The summed E-state index contributed by atoms with van der Waals surface area (Å²) in [4.78, 5) is 14.8. The van der Waals surface area contributed by atoms with E-state index in [2.05, 4.69) is 48.0 Å². The molecular formula is C24H26N2O2. The first-order valence-corrected chi connectivity index (χ1v) is 9.78. The van der Waals surface area contributed by atoms with E-state index in [1.807, 2.05) is 23.1 Å². The van der Waals surface area contributed by atoms with Gasteiger partial charge >= 0.3 is 0 Å². The zero-order valence-electron chi connectivity index (χ0n) is 16.5. The van der Waals surface area contributed by atoms with Crippen LogP contribution in [-0.4, -0.2) is 35.6 Å². The molecule has 0 radical (unpaired) electrons. The minimum Gasteiger partial charge on any atom is -0.383 e. The first-order chi connectivity index (χ1) is 13.7. The van der Waals surface area contributed by atoms with E-state index >= 15 is 0 Å². The van der Waals surface area contributed by atoms with Gasteiger partial charge in [0.15, 0.2) is 0 Å².